The predicted molar refractivity (Wildman–Crippen MR) is 90.6 cm³/mol. The predicted octanol–water partition coefficient (Wildman–Crippen LogP) is 2.32. The van der Waals surface area contributed by atoms with Crippen molar-refractivity contribution < 1.29 is 19.4 Å². The SMILES string of the molecule is CC(C)(C)OC(=O)N[C@H](CCCCNCc1ccccn1)C(=O)O. The second kappa shape index (κ2) is 9.87. The zero-order valence-electron chi connectivity index (χ0n) is 14.5. The quantitative estimate of drug-likeness (QED) is 0.598. The lowest BCUT2D eigenvalue weighted by Crippen LogP contribution is -2.43. The molecule has 0 bridgehead atoms. The largest absolute Gasteiger partial charge is 0.480 e. The van der Waals surface area contributed by atoms with E-state index in [1.165, 1.54) is 0 Å². The van der Waals surface area contributed by atoms with E-state index in [-0.39, 0.29) is 0 Å². The number of nitrogens with zero attached hydrogens (tertiary/aromatic N) is 1. The second-order valence-corrected chi connectivity index (χ2v) is 6.53. The number of hydrogen-bond acceptors (Lipinski definition) is 5. The minimum atomic E-state index is -1.05. The highest BCUT2D eigenvalue weighted by molar-refractivity contribution is 5.79. The third-order valence-corrected chi connectivity index (χ3v) is 3.12. The summed E-state index contributed by atoms with van der Waals surface area (Å²) in [6.45, 7) is 6.63. The van der Waals surface area contributed by atoms with Gasteiger partial charge in [0.1, 0.15) is 11.6 Å². The van der Waals surface area contributed by atoms with Crippen LogP contribution < -0.4 is 10.6 Å². The van der Waals surface area contributed by atoms with E-state index in [0.29, 0.717) is 19.4 Å². The molecule has 0 aliphatic heterocycles. The van der Waals surface area contributed by atoms with Gasteiger partial charge in [-0.05, 0) is 58.7 Å². The summed E-state index contributed by atoms with van der Waals surface area (Å²) in [7, 11) is 0. The normalized spacial score (nSPS) is 12.5. The molecule has 0 radical (unpaired) electrons. The van der Waals surface area contributed by atoms with Crippen LogP contribution in [0.2, 0.25) is 0 Å². The molecule has 134 valence electrons. The van der Waals surface area contributed by atoms with Crippen molar-refractivity contribution in [3.8, 4) is 0 Å². The van der Waals surface area contributed by atoms with E-state index in [4.69, 9.17) is 4.74 Å². The number of rotatable bonds is 9. The Balaban J connectivity index is 2.22. The van der Waals surface area contributed by atoms with Crippen LogP contribution in [-0.4, -0.2) is 40.3 Å². The minimum absolute atomic E-state index is 0.361. The lowest BCUT2D eigenvalue weighted by atomic mass is 10.1. The highest BCUT2D eigenvalue weighted by Gasteiger charge is 2.23. The average molecular weight is 337 g/mol. The molecule has 7 heteroatoms. The van der Waals surface area contributed by atoms with Crippen molar-refractivity contribution in [3.05, 3.63) is 30.1 Å². The van der Waals surface area contributed by atoms with Crippen LogP contribution >= 0.6 is 0 Å². The van der Waals surface area contributed by atoms with Crippen LogP contribution in [0, 0.1) is 0 Å². The summed E-state index contributed by atoms with van der Waals surface area (Å²) in [5, 5.41) is 14.8. The Labute approximate surface area is 142 Å². The van der Waals surface area contributed by atoms with Gasteiger partial charge in [-0.15, -0.1) is 0 Å². The molecule has 0 aliphatic rings. The molecule has 1 amide bonds. The van der Waals surface area contributed by atoms with E-state index in [0.717, 1.165) is 18.7 Å². The zero-order chi connectivity index (χ0) is 18.0. The number of carboxylic acid groups (broad SMARTS) is 1. The number of nitrogens with one attached hydrogen (secondary N) is 2. The maximum atomic E-state index is 11.6. The zero-order valence-corrected chi connectivity index (χ0v) is 14.5. The maximum absolute atomic E-state index is 11.6. The number of carbonyl (C=O) groups is 2. The van der Waals surface area contributed by atoms with Crippen molar-refractivity contribution in [3.63, 3.8) is 0 Å². The second-order valence-electron chi connectivity index (χ2n) is 6.53. The fraction of sp³-hybridized carbons (Fsp3) is 0.588. The fourth-order valence-corrected chi connectivity index (χ4v) is 2.02. The number of aliphatic carboxylic acids is 1. The van der Waals surface area contributed by atoms with Crippen molar-refractivity contribution in [1.82, 2.24) is 15.6 Å². The molecule has 3 N–H and O–H groups in total. The molecule has 24 heavy (non-hydrogen) atoms. The van der Waals surface area contributed by atoms with Crippen LogP contribution in [0.3, 0.4) is 0 Å². The molecule has 7 nitrogen and oxygen atoms in total. The molecule has 1 atom stereocenters. The highest BCUT2D eigenvalue weighted by Crippen LogP contribution is 2.08. The van der Waals surface area contributed by atoms with E-state index in [9.17, 15) is 14.7 Å². The molecule has 0 saturated heterocycles. The number of hydrogen-bond donors (Lipinski definition) is 3. The van der Waals surface area contributed by atoms with Crippen molar-refractivity contribution in [2.45, 2.75) is 58.2 Å². The molecule has 0 spiro atoms. The fourth-order valence-electron chi connectivity index (χ4n) is 2.02. The van der Waals surface area contributed by atoms with E-state index in [2.05, 4.69) is 15.6 Å². The van der Waals surface area contributed by atoms with Crippen LogP contribution in [0.5, 0.6) is 0 Å². The van der Waals surface area contributed by atoms with Gasteiger partial charge in [0.15, 0.2) is 0 Å². The summed E-state index contributed by atoms with van der Waals surface area (Å²) in [5.74, 6) is -1.05. The van der Waals surface area contributed by atoms with E-state index < -0.39 is 23.7 Å². The Morgan fingerprint density at radius 2 is 2.04 bits per heavy atom. The van der Waals surface area contributed by atoms with Crippen LogP contribution in [-0.2, 0) is 16.1 Å². The number of unbranched alkanes of at least 4 members (excludes halogenated alkanes) is 1. The minimum Gasteiger partial charge on any atom is -0.480 e. The maximum Gasteiger partial charge on any atom is 0.408 e. The Kier molecular flexibility index (Phi) is 8.18. The molecule has 0 fully saturated rings. The van der Waals surface area contributed by atoms with Gasteiger partial charge in [0.2, 0.25) is 0 Å². The number of ether oxygens (including phenoxy) is 1. The van der Waals surface area contributed by atoms with Crippen molar-refractivity contribution in [2.24, 2.45) is 0 Å². The number of alkyl carbamates (subject to hydrolysis) is 1. The van der Waals surface area contributed by atoms with Gasteiger partial charge in [0, 0.05) is 12.7 Å². The van der Waals surface area contributed by atoms with Crippen LogP contribution in [0.4, 0.5) is 4.79 Å². The molecular weight excluding hydrogens is 310 g/mol. The van der Waals surface area contributed by atoms with Crippen molar-refractivity contribution >= 4 is 12.1 Å². The van der Waals surface area contributed by atoms with Gasteiger partial charge in [0.25, 0.3) is 0 Å². The Bertz CT molecular complexity index is 514. The first kappa shape index (κ1) is 19.9. The van der Waals surface area contributed by atoms with Crippen molar-refractivity contribution in [2.75, 3.05) is 6.54 Å². The smallest absolute Gasteiger partial charge is 0.408 e. The van der Waals surface area contributed by atoms with Gasteiger partial charge < -0.3 is 20.5 Å². The third kappa shape index (κ3) is 9.09. The molecule has 1 rings (SSSR count). The van der Waals surface area contributed by atoms with E-state index >= 15 is 0 Å². The van der Waals surface area contributed by atoms with E-state index in [1.54, 1.807) is 27.0 Å². The van der Waals surface area contributed by atoms with Crippen LogP contribution in [0.25, 0.3) is 0 Å². The number of pyridine rings is 1. The Hall–Kier alpha value is -2.15. The summed E-state index contributed by atoms with van der Waals surface area (Å²) >= 11 is 0. The molecule has 1 aromatic heterocycles. The summed E-state index contributed by atoms with van der Waals surface area (Å²) in [6.07, 6.45) is 2.90. The summed E-state index contributed by atoms with van der Waals surface area (Å²) in [5.41, 5.74) is 0.315. The lowest BCUT2D eigenvalue weighted by Gasteiger charge is -2.22. The lowest BCUT2D eigenvalue weighted by molar-refractivity contribution is -0.139. The third-order valence-electron chi connectivity index (χ3n) is 3.12. The standard InChI is InChI=1S/C17H27N3O4/c1-17(2,3)24-16(23)20-14(15(21)22)9-5-6-10-18-12-13-8-4-7-11-19-13/h4,7-8,11,14,18H,5-6,9-10,12H2,1-3H3,(H,20,23)(H,21,22)/t14-/m1/s1. The summed E-state index contributed by atoms with van der Waals surface area (Å²) < 4.78 is 5.08. The topological polar surface area (TPSA) is 101 Å². The summed E-state index contributed by atoms with van der Waals surface area (Å²) in [4.78, 5) is 27.1. The van der Waals surface area contributed by atoms with Gasteiger partial charge in [0.05, 0.1) is 5.69 Å². The summed E-state index contributed by atoms with van der Waals surface area (Å²) in [6, 6.07) is 4.81. The first-order valence-corrected chi connectivity index (χ1v) is 8.11. The Morgan fingerprint density at radius 3 is 2.62 bits per heavy atom. The number of carbonyl (C=O) groups excluding carboxylic acids is 1. The molecule has 1 aromatic rings. The van der Waals surface area contributed by atoms with Gasteiger partial charge in [-0.2, -0.15) is 0 Å². The molecule has 0 saturated carbocycles. The molecular formula is C17H27N3O4. The van der Waals surface area contributed by atoms with Gasteiger partial charge in [-0.1, -0.05) is 6.07 Å². The van der Waals surface area contributed by atoms with Crippen LogP contribution in [0.1, 0.15) is 45.7 Å². The Morgan fingerprint density at radius 1 is 1.29 bits per heavy atom. The molecule has 0 unspecified atom stereocenters. The first-order chi connectivity index (χ1) is 11.3. The average Bonchev–Trinajstić information content (AvgIpc) is 2.48. The molecule has 0 aromatic carbocycles. The van der Waals surface area contributed by atoms with E-state index in [1.807, 2.05) is 18.2 Å². The number of aromatic nitrogens is 1. The highest BCUT2D eigenvalue weighted by atomic mass is 16.6. The number of carboxylic acids is 1. The van der Waals surface area contributed by atoms with Gasteiger partial charge in [-0.25, -0.2) is 9.59 Å². The van der Waals surface area contributed by atoms with Crippen LogP contribution in [0.15, 0.2) is 24.4 Å². The number of amides is 1. The first-order valence-electron chi connectivity index (χ1n) is 8.11. The van der Waals surface area contributed by atoms with Crippen molar-refractivity contribution in [1.29, 1.82) is 0 Å². The molecule has 1 heterocycles. The van der Waals surface area contributed by atoms with Gasteiger partial charge >= 0.3 is 12.1 Å². The monoisotopic (exact) mass is 337 g/mol. The van der Waals surface area contributed by atoms with Gasteiger partial charge in [-0.3, -0.25) is 4.98 Å². The molecule has 0 aliphatic carbocycles.